The number of hydrogen-bond donors (Lipinski definition) is 0. The first-order valence-corrected chi connectivity index (χ1v) is 6.97. The number of amides is 1. The van der Waals surface area contributed by atoms with Crippen molar-refractivity contribution in [2.24, 2.45) is 0 Å². The summed E-state index contributed by atoms with van der Waals surface area (Å²) in [6.45, 7) is 0.419. The zero-order valence-electron chi connectivity index (χ0n) is 10.5. The fourth-order valence-corrected chi connectivity index (χ4v) is 3.30. The highest BCUT2D eigenvalue weighted by atomic mass is 35.5. The van der Waals surface area contributed by atoms with E-state index in [0.29, 0.717) is 19.4 Å². The van der Waals surface area contributed by atoms with Crippen molar-refractivity contribution in [1.82, 2.24) is 4.90 Å². The number of carbonyl (C=O) groups excluding carboxylic acids is 2. The molecular formula is C11H11ClN2O5S. The molecule has 1 aliphatic heterocycles. The van der Waals surface area contributed by atoms with Crippen LogP contribution in [0.25, 0.3) is 0 Å². The van der Waals surface area contributed by atoms with Crippen molar-refractivity contribution in [2.75, 3.05) is 13.7 Å². The molecule has 1 amide bonds. The highest BCUT2D eigenvalue weighted by Gasteiger charge is 2.36. The number of carbonyl (C=O) groups is 2. The van der Waals surface area contributed by atoms with Crippen LogP contribution in [0.3, 0.4) is 0 Å². The van der Waals surface area contributed by atoms with Gasteiger partial charge in [0.1, 0.15) is 10.9 Å². The molecule has 1 aromatic rings. The van der Waals surface area contributed by atoms with Gasteiger partial charge in [0.2, 0.25) is 0 Å². The van der Waals surface area contributed by atoms with Gasteiger partial charge in [-0.2, -0.15) is 0 Å². The smallest absolute Gasteiger partial charge is 0.328 e. The van der Waals surface area contributed by atoms with Crippen LogP contribution < -0.4 is 0 Å². The van der Waals surface area contributed by atoms with Crippen LogP contribution in [0.2, 0.25) is 4.34 Å². The molecule has 0 spiro atoms. The monoisotopic (exact) mass is 318 g/mol. The zero-order valence-corrected chi connectivity index (χ0v) is 12.1. The van der Waals surface area contributed by atoms with Gasteiger partial charge >= 0.3 is 5.97 Å². The second kappa shape index (κ2) is 5.76. The fourth-order valence-electron chi connectivity index (χ4n) is 2.12. The Morgan fingerprint density at radius 2 is 2.30 bits per heavy atom. The van der Waals surface area contributed by atoms with Gasteiger partial charge in [-0.05, 0) is 12.8 Å². The van der Waals surface area contributed by atoms with Gasteiger partial charge in [0.05, 0.1) is 12.0 Å². The Bertz CT molecular complexity index is 573. The van der Waals surface area contributed by atoms with Crippen LogP contribution in [0.5, 0.6) is 0 Å². The van der Waals surface area contributed by atoms with Crippen molar-refractivity contribution < 1.29 is 19.2 Å². The first-order chi connectivity index (χ1) is 9.45. The molecular weight excluding hydrogens is 308 g/mol. The molecule has 108 valence electrons. The zero-order chi connectivity index (χ0) is 14.9. The quantitative estimate of drug-likeness (QED) is 0.483. The molecule has 2 rings (SSSR count). The molecule has 20 heavy (non-hydrogen) atoms. The second-order valence-electron chi connectivity index (χ2n) is 4.21. The molecule has 9 heteroatoms. The maximum Gasteiger partial charge on any atom is 0.328 e. The number of esters is 1. The predicted molar refractivity (Wildman–Crippen MR) is 72.1 cm³/mol. The first kappa shape index (κ1) is 14.7. The van der Waals surface area contributed by atoms with E-state index in [1.54, 1.807) is 0 Å². The van der Waals surface area contributed by atoms with E-state index in [0.717, 1.165) is 17.4 Å². The third kappa shape index (κ3) is 2.61. The largest absolute Gasteiger partial charge is 0.467 e. The first-order valence-electron chi connectivity index (χ1n) is 5.78. The number of nitrogens with zero attached hydrogens (tertiary/aromatic N) is 2. The standard InChI is InChI=1S/C11H11ClN2O5S/c1-19-11(16)6-3-2-4-13(6)10(15)8-5-7(14(17)18)9(12)20-8/h5-6H,2-4H2,1H3. The van der Waals surface area contributed by atoms with Gasteiger partial charge in [-0.25, -0.2) is 4.79 Å². The number of methoxy groups -OCH3 is 1. The van der Waals surface area contributed by atoms with Crippen molar-refractivity contribution in [2.45, 2.75) is 18.9 Å². The Hall–Kier alpha value is -1.67. The molecule has 1 aliphatic rings. The second-order valence-corrected chi connectivity index (χ2v) is 5.86. The lowest BCUT2D eigenvalue weighted by Gasteiger charge is -2.21. The summed E-state index contributed by atoms with van der Waals surface area (Å²) in [5.74, 6) is -0.911. The number of ether oxygens (including phenoxy) is 1. The molecule has 1 atom stereocenters. The van der Waals surface area contributed by atoms with Crippen LogP contribution >= 0.6 is 22.9 Å². The van der Waals surface area contributed by atoms with Crippen molar-refractivity contribution in [3.63, 3.8) is 0 Å². The Morgan fingerprint density at radius 3 is 2.85 bits per heavy atom. The molecule has 0 aliphatic carbocycles. The highest BCUT2D eigenvalue weighted by molar-refractivity contribution is 7.18. The van der Waals surface area contributed by atoms with Gasteiger partial charge in [-0.15, -0.1) is 11.3 Å². The van der Waals surface area contributed by atoms with Gasteiger partial charge in [0.15, 0.2) is 4.34 Å². The molecule has 1 saturated heterocycles. The SMILES string of the molecule is COC(=O)C1CCCN1C(=O)c1cc([N+](=O)[O-])c(Cl)s1. The van der Waals surface area contributed by atoms with E-state index in [1.807, 2.05) is 0 Å². The maximum absolute atomic E-state index is 12.3. The summed E-state index contributed by atoms with van der Waals surface area (Å²) in [5.41, 5.74) is -0.297. The average molecular weight is 319 g/mol. The van der Waals surface area contributed by atoms with Crippen molar-refractivity contribution >= 4 is 40.5 Å². The summed E-state index contributed by atoms with van der Waals surface area (Å²) in [4.78, 5) is 35.5. The van der Waals surface area contributed by atoms with Crippen molar-refractivity contribution in [3.8, 4) is 0 Å². The molecule has 0 bridgehead atoms. The van der Waals surface area contributed by atoms with Gasteiger partial charge in [0, 0.05) is 12.6 Å². The number of nitro groups is 1. The number of hydrogen-bond acceptors (Lipinski definition) is 6. The minimum absolute atomic E-state index is 0.0489. The van der Waals surface area contributed by atoms with Crippen LogP contribution in [0.4, 0.5) is 5.69 Å². The van der Waals surface area contributed by atoms with Crippen LogP contribution in [-0.2, 0) is 9.53 Å². The molecule has 1 unspecified atom stereocenters. The van der Waals surface area contributed by atoms with Gasteiger partial charge < -0.3 is 9.64 Å². The summed E-state index contributed by atoms with van der Waals surface area (Å²) >= 11 is 6.57. The third-order valence-corrected chi connectivity index (χ3v) is 4.39. The molecule has 0 saturated carbocycles. The van der Waals surface area contributed by atoms with E-state index in [2.05, 4.69) is 4.74 Å². The lowest BCUT2D eigenvalue weighted by Crippen LogP contribution is -2.40. The Morgan fingerprint density at radius 1 is 1.60 bits per heavy atom. The van der Waals surface area contributed by atoms with E-state index >= 15 is 0 Å². The van der Waals surface area contributed by atoms with Crippen molar-refractivity contribution in [3.05, 3.63) is 25.4 Å². The van der Waals surface area contributed by atoms with Crippen molar-refractivity contribution in [1.29, 1.82) is 0 Å². The summed E-state index contributed by atoms with van der Waals surface area (Å²) in [6, 6.07) is 0.509. The molecule has 2 heterocycles. The molecule has 7 nitrogen and oxygen atoms in total. The minimum atomic E-state index is -0.641. The number of rotatable bonds is 3. The van der Waals surface area contributed by atoms with Crippen LogP contribution in [0.15, 0.2) is 6.07 Å². The van der Waals surface area contributed by atoms with E-state index in [1.165, 1.54) is 12.0 Å². The summed E-state index contributed by atoms with van der Waals surface area (Å²) < 4.78 is 4.60. The van der Waals surface area contributed by atoms with E-state index in [-0.39, 0.29) is 14.9 Å². The Kier molecular flexibility index (Phi) is 4.24. The average Bonchev–Trinajstić information content (AvgIpc) is 3.03. The third-order valence-electron chi connectivity index (χ3n) is 3.06. The molecule has 0 aromatic carbocycles. The summed E-state index contributed by atoms with van der Waals surface area (Å²) in [5, 5.41) is 10.7. The minimum Gasteiger partial charge on any atom is -0.467 e. The van der Waals surface area contributed by atoms with Crippen LogP contribution in [0.1, 0.15) is 22.5 Å². The Labute approximate surface area is 123 Å². The predicted octanol–water partition coefficient (Wildman–Crippen LogP) is 2.09. The lowest BCUT2D eigenvalue weighted by atomic mass is 10.2. The van der Waals surface area contributed by atoms with Gasteiger partial charge in [0.25, 0.3) is 11.6 Å². The van der Waals surface area contributed by atoms with E-state index in [4.69, 9.17) is 11.6 Å². The lowest BCUT2D eigenvalue weighted by molar-refractivity contribution is -0.384. The number of likely N-dealkylation sites (tertiary alicyclic amines) is 1. The molecule has 1 fully saturated rings. The number of thiophene rings is 1. The van der Waals surface area contributed by atoms with E-state index < -0.39 is 22.8 Å². The normalized spacial score (nSPS) is 18.1. The fraction of sp³-hybridized carbons (Fsp3) is 0.455. The van der Waals surface area contributed by atoms with Crippen LogP contribution in [0, 0.1) is 10.1 Å². The summed E-state index contributed by atoms with van der Waals surface area (Å²) in [7, 11) is 1.26. The Balaban J connectivity index is 2.25. The molecule has 1 aromatic heterocycles. The van der Waals surface area contributed by atoms with Gasteiger partial charge in [-0.1, -0.05) is 11.6 Å². The molecule has 0 radical (unpaired) electrons. The topological polar surface area (TPSA) is 89.8 Å². The summed E-state index contributed by atoms with van der Waals surface area (Å²) in [6.07, 6.45) is 1.21. The number of halogens is 1. The van der Waals surface area contributed by atoms with Crippen LogP contribution in [-0.4, -0.2) is 41.4 Å². The molecule has 0 N–H and O–H groups in total. The van der Waals surface area contributed by atoms with Gasteiger partial charge in [-0.3, -0.25) is 14.9 Å². The maximum atomic E-state index is 12.3. The highest BCUT2D eigenvalue weighted by Crippen LogP contribution is 2.35. The van der Waals surface area contributed by atoms with E-state index in [9.17, 15) is 19.7 Å².